The first-order valence-corrected chi connectivity index (χ1v) is 6.28. The molecule has 0 aliphatic carbocycles. The highest BCUT2D eigenvalue weighted by molar-refractivity contribution is 5.48. The lowest BCUT2D eigenvalue weighted by molar-refractivity contribution is -0.144. The van der Waals surface area contributed by atoms with Crippen LogP contribution < -0.4 is 10.6 Å². The normalized spacial score (nSPS) is 13.6. The maximum Gasteiger partial charge on any atom is 0.451 e. The predicted molar refractivity (Wildman–Crippen MR) is 72.5 cm³/mol. The van der Waals surface area contributed by atoms with Crippen molar-refractivity contribution in [1.29, 1.82) is 0 Å². The van der Waals surface area contributed by atoms with Gasteiger partial charge in [0.25, 0.3) is 0 Å². The summed E-state index contributed by atoms with van der Waals surface area (Å²) in [6.07, 6.45) is -4.60. The highest BCUT2D eigenvalue weighted by Crippen LogP contribution is 2.29. The van der Waals surface area contributed by atoms with E-state index in [0.29, 0.717) is 13.1 Å². The molecular weight excluding hydrogens is 271 g/mol. The van der Waals surface area contributed by atoms with E-state index in [4.69, 9.17) is 5.73 Å². The van der Waals surface area contributed by atoms with E-state index in [1.807, 2.05) is 32.8 Å². The van der Waals surface area contributed by atoms with Gasteiger partial charge in [-0.3, -0.25) is 0 Å². The van der Waals surface area contributed by atoms with Gasteiger partial charge in [-0.1, -0.05) is 0 Å². The van der Waals surface area contributed by atoms with Crippen LogP contribution in [-0.2, 0) is 6.18 Å². The topological polar surface area (TPSA) is 58.3 Å². The zero-order chi connectivity index (χ0) is 15.5. The van der Waals surface area contributed by atoms with Gasteiger partial charge in [-0.25, -0.2) is 9.97 Å². The van der Waals surface area contributed by atoms with Crippen LogP contribution >= 0.6 is 0 Å². The van der Waals surface area contributed by atoms with Crippen LogP contribution in [0.5, 0.6) is 0 Å². The van der Waals surface area contributed by atoms with Gasteiger partial charge in [0.2, 0.25) is 5.82 Å². The molecule has 20 heavy (non-hydrogen) atoms. The number of rotatable bonds is 5. The smallest absolute Gasteiger partial charge is 0.384 e. The van der Waals surface area contributed by atoms with Crippen molar-refractivity contribution in [2.75, 3.05) is 37.8 Å². The number of nitrogens with two attached hydrogens (primary N) is 1. The number of likely N-dealkylation sites (N-methyl/N-ethyl adjacent to an activating group) is 2. The maximum absolute atomic E-state index is 12.7. The van der Waals surface area contributed by atoms with Gasteiger partial charge < -0.3 is 15.5 Å². The van der Waals surface area contributed by atoms with Crippen molar-refractivity contribution in [3.8, 4) is 0 Å². The second kappa shape index (κ2) is 6.25. The number of hydrogen-bond acceptors (Lipinski definition) is 5. The molecule has 1 aromatic heterocycles. The number of aromatic nitrogens is 2. The van der Waals surface area contributed by atoms with Crippen LogP contribution in [0, 0.1) is 0 Å². The lowest BCUT2D eigenvalue weighted by Crippen LogP contribution is -2.40. The minimum atomic E-state index is -4.60. The lowest BCUT2D eigenvalue weighted by atomic mass is 10.2. The van der Waals surface area contributed by atoms with Crippen molar-refractivity contribution in [1.82, 2.24) is 14.9 Å². The highest BCUT2D eigenvalue weighted by atomic mass is 19.4. The zero-order valence-corrected chi connectivity index (χ0v) is 12.1. The summed E-state index contributed by atoms with van der Waals surface area (Å²) in [5, 5.41) is 0. The summed E-state index contributed by atoms with van der Waals surface area (Å²) in [6, 6.07) is 1.37. The molecule has 2 N–H and O–H groups in total. The molecule has 114 valence electrons. The van der Waals surface area contributed by atoms with Crippen LogP contribution in [0.1, 0.15) is 19.7 Å². The van der Waals surface area contributed by atoms with Gasteiger partial charge in [-0.15, -0.1) is 0 Å². The van der Waals surface area contributed by atoms with Gasteiger partial charge in [-0.05, 0) is 27.9 Å². The second-order valence-electron chi connectivity index (χ2n) is 4.87. The van der Waals surface area contributed by atoms with E-state index < -0.39 is 12.0 Å². The Kier molecular flexibility index (Phi) is 5.15. The Morgan fingerprint density at radius 3 is 2.35 bits per heavy atom. The zero-order valence-electron chi connectivity index (χ0n) is 12.1. The molecule has 1 aromatic rings. The molecule has 1 unspecified atom stereocenters. The molecule has 5 nitrogen and oxygen atoms in total. The highest BCUT2D eigenvalue weighted by Gasteiger charge is 2.36. The summed E-state index contributed by atoms with van der Waals surface area (Å²) < 4.78 is 38.2. The lowest BCUT2D eigenvalue weighted by Gasteiger charge is -2.31. The Balaban J connectivity index is 3.12. The quantitative estimate of drug-likeness (QED) is 0.897. The molecule has 0 saturated carbocycles. The Bertz CT molecular complexity index is 447. The van der Waals surface area contributed by atoms with Crippen LogP contribution in [0.3, 0.4) is 0 Å². The van der Waals surface area contributed by atoms with Crippen LogP contribution in [0.4, 0.5) is 24.8 Å². The van der Waals surface area contributed by atoms with Gasteiger partial charge in [0.15, 0.2) is 0 Å². The molecule has 0 saturated heterocycles. The van der Waals surface area contributed by atoms with Crippen molar-refractivity contribution in [2.45, 2.75) is 26.1 Å². The van der Waals surface area contributed by atoms with Crippen molar-refractivity contribution >= 4 is 11.6 Å². The summed E-state index contributed by atoms with van der Waals surface area (Å²) in [5.74, 6) is -1.19. The first kappa shape index (κ1) is 16.5. The van der Waals surface area contributed by atoms with Gasteiger partial charge >= 0.3 is 6.18 Å². The van der Waals surface area contributed by atoms with Crippen LogP contribution in [-0.4, -0.2) is 48.1 Å². The average molecular weight is 291 g/mol. The van der Waals surface area contributed by atoms with E-state index in [0.717, 1.165) is 0 Å². The molecule has 8 heteroatoms. The minimum absolute atomic E-state index is 0.00498. The number of halogens is 3. The molecule has 0 aromatic carbocycles. The van der Waals surface area contributed by atoms with E-state index in [-0.39, 0.29) is 17.7 Å². The fourth-order valence-electron chi connectivity index (χ4n) is 2.05. The second-order valence-corrected chi connectivity index (χ2v) is 4.87. The third-order valence-corrected chi connectivity index (χ3v) is 2.78. The van der Waals surface area contributed by atoms with E-state index in [1.54, 1.807) is 4.90 Å². The van der Waals surface area contributed by atoms with Crippen LogP contribution in [0.15, 0.2) is 6.07 Å². The van der Waals surface area contributed by atoms with Crippen LogP contribution in [0.2, 0.25) is 0 Å². The summed E-state index contributed by atoms with van der Waals surface area (Å²) in [4.78, 5) is 10.6. The summed E-state index contributed by atoms with van der Waals surface area (Å²) >= 11 is 0. The molecule has 0 bridgehead atoms. The third-order valence-electron chi connectivity index (χ3n) is 2.78. The van der Waals surface area contributed by atoms with E-state index in [9.17, 15) is 13.2 Å². The Hall–Kier alpha value is -1.57. The Morgan fingerprint density at radius 2 is 1.90 bits per heavy atom. The Labute approximate surface area is 116 Å². The van der Waals surface area contributed by atoms with Crippen molar-refractivity contribution in [2.24, 2.45) is 0 Å². The summed E-state index contributed by atoms with van der Waals surface area (Å²) in [7, 11) is 3.81. The molecular formula is C12H20F3N5. The molecule has 0 radical (unpaired) electrons. The number of hydrogen-bond donors (Lipinski definition) is 1. The summed E-state index contributed by atoms with van der Waals surface area (Å²) in [5.41, 5.74) is 5.46. The minimum Gasteiger partial charge on any atom is -0.384 e. The number of alkyl halides is 3. The monoisotopic (exact) mass is 291 g/mol. The first-order chi connectivity index (χ1) is 9.15. The fraction of sp³-hybridized carbons (Fsp3) is 0.667. The molecule has 0 fully saturated rings. The van der Waals surface area contributed by atoms with Crippen molar-refractivity contribution < 1.29 is 13.2 Å². The number of anilines is 2. The SMILES string of the molecule is CCN(c1cc(N)nc(C(F)(F)F)n1)C(C)CN(C)C. The average Bonchev–Trinajstić information content (AvgIpc) is 2.26. The molecule has 1 heterocycles. The van der Waals surface area contributed by atoms with E-state index >= 15 is 0 Å². The molecule has 0 amide bonds. The van der Waals surface area contributed by atoms with Gasteiger partial charge in [0, 0.05) is 25.2 Å². The number of nitrogen functional groups attached to an aromatic ring is 1. The predicted octanol–water partition coefficient (Wildman–Crippen LogP) is 1.85. The molecule has 1 atom stereocenters. The molecule has 1 rings (SSSR count). The first-order valence-electron chi connectivity index (χ1n) is 6.28. The van der Waals surface area contributed by atoms with E-state index in [2.05, 4.69) is 9.97 Å². The standard InChI is InChI=1S/C12H20F3N5/c1-5-20(8(2)7-19(3)4)10-6-9(16)17-11(18-10)12(13,14)15/h6,8H,5,7H2,1-4H3,(H2,16,17,18). The van der Waals surface area contributed by atoms with Gasteiger partial charge in [0.05, 0.1) is 0 Å². The molecule has 0 aliphatic rings. The fourth-order valence-corrected chi connectivity index (χ4v) is 2.05. The third kappa shape index (κ3) is 4.22. The largest absolute Gasteiger partial charge is 0.451 e. The van der Waals surface area contributed by atoms with Crippen molar-refractivity contribution in [3.05, 3.63) is 11.9 Å². The van der Waals surface area contributed by atoms with E-state index in [1.165, 1.54) is 6.07 Å². The maximum atomic E-state index is 12.7. The van der Waals surface area contributed by atoms with Crippen molar-refractivity contribution in [3.63, 3.8) is 0 Å². The molecule has 0 aliphatic heterocycles. The Morgan fingerprint density at radius 1 is 1.30 bits per heavy atom. The van der Waals surface area contributed by atoms with Gasteiger partial charge in [0.1, 0.15) is 11.6 Å². The number of nitrogens with zero attached hydrogens (tertiary/aromatic N) is 4. The summed E-state index contributed by atoms with van der Waals surface area (Å²) in [6.45, 7) is 5.01. The van der Waals surface area contributed by atoms with Crippen LogP contribution in [0.25, 0.3) is 0 Å². The molecule has 0 spiro atoms. The van der Waals surface area contributed by atoms with Gasteiger partial charge in [-0.2, -0.15) is 13.2 Å².